The first kappa shape index (κ1) is 14.0. The van der Waals surface area contributed by atoms with Crippen LogP contribution in [0.5, 0.6) is 0 Å². The average molecular weight is 330 g/mol. The van der Waals surface area contributed by atoms with Gasteiger partial charge in [-0.15, -0.1) is 0 Å². The van der Waals surface area contributed by atoms with E-state index >= 15 is 0 Å². The van der Waals surface area contributed by atoms with Gasteiger partial charge in [0.15, 0.2) is 0 Å². The summed E-state index contributed by atoms with van der Waals surface area (Å²) in [5.41, 5.74) is 2.49. The van der Waals surface area contributed by atoms with Crippen LogP contribution < -0.4 is 0 Å². The van der Waals surface area contributed by atoms with Crippen molar-refractivity contribution >= 4 is 26.9 Å². The summed E-state index contributed by atoms with van der Waals surface area (Å²) in [6.45, 7) is 0. The van der Waals surface area contributed by atoms with Gasteiger partial charge in [-0.2, -0.15) is 0 Å². The molecule has 0 atom stereocenters. The standard InChI is InChI=1S/C13H11N.2CH3.Sn/c14-13(11-7-3-1-4-8-11)12-9-5-2-6-10-12;;;/h1-10,14H;2*1H3;. The van der Waals surface area contributed by atoms with E-state index in [2.05, 4.69) is 9.88 Å². The van der Waals surface area contributed by atoms with Crippen molar-refractivity contribution < 1.29 is 0 Å². The normalized spacial score (nSPS) is 9.06. The number of nitrogens with one attached hydrogen (secondary N) is 1. The Hall–Kier alpha value is -1.09. The monoisotopic (exact) mass is 331 g/mol. The van der Waals surface area contributed by atoms with E-state index in [9.17, 15) is 0 Å². The van der Waals surface area contributed by atoms with E-state index < -0.39 is 0 Å². The van der Waals surface area contributed by atoms with E-state index in [-0.39, 0.29) is 21.1 Å². The molecule has 86 valence electrons. The van der Waals surface area contributed by atoms with Crippen molar-refractivity contribution in [1.82, 2.24) is 0 Å². The Balaban J connectivity index is 0.000000437. The Morgan fingerprint density at radius 3 is 1.35 bits per heavy atom. The summed E-state index contributed by atoms with van der Waals surface area (Å²) < 4.78 is 0. The van der Waals surface area contributed by atoms with Gasteiger partial charge in [-0.3, -0.25) is 5.41 Å². The van der Waals surface area contributed by atoms with Crippen molar-refractivity contribution in [3.63, 3.8) is 0 Å². The van der Waals surface area contributed by atoms with Crippen LogP contribution in [0, 0.1) is 5.41 Å². The first-order chi connectivity index (χ1) is 8.29. The molecule has 1 nitrogen and oxygen atoms in total. The molecule has 0 aliphatic heterocycles. The van der Waals surface area contributed by atoms with Gasteiger partial charge >= 0.3 is 31.0 Å². The second-order valence-corrected chi connectivity index (χ2v) is 6.46. The zero-order valence-electron chi connectivity index (χ0n) is 10.3. The molecular weight excluding hydrogens is 313 g/mol. The van der Waals surface area contributed by atoms with E-state index in [0.717, 1.165) is 11.1 Å². The van der Waals surface area contributed by atoms with Crippen molar-refractivity contribution in [1.29, 1.82) is 5.41 Å². The van der Waals surface area contributed by atoms with Crippen LogP contribution in [0.25, 0.3) is 0 Å². The van der Waals surface area contributed by atoms with Crippen molar-refractivity contribution in [2.75, 3.05) is 0 Å². The maximum absolute atomic E-state index is 7.97. The summed E-state index contributed by atoms with van der Waals surface area (Å²) in [5, 5.41) is 7.97. The number of hydrogen-bond donors (Lipinski definition) is 1. The van der Waals surface area contributed by atoms with Crippen LogP contribution in [0.4, 0.5) is 0 Å². The van der Waals surface area contributed by atoms with Crippen LogP contribution in [0.2, 0.25) is 9.88 Å². The summed E-state index contributed by atoms with van der Waals surface area (Å²) in [6.07, 6.45) is 0. The van der Waals surface area contributed by atoms with Gasteiger partial charge in [-0.25, -0.2) is 0 Å². The summed E-state index contributed by atoms with van der Waals surface area (Å²) in [6, 6.07) is 19.5. The molecule has 1 N–H and O–H groups in total. The van der Waals surface area contributed by atoms with Gasteiger partial charge < -0.3 is 0 Å². The van der Waals surface area contributed by atoms with E-state index in [0.29, 0.717) is 5.71 Å². The van der Waals surface area contributed by atoms with E-state index in [1.165, 1.54) is 0 Å². The van der Waals surface area contributed by atoms with Gasteiger partial charge in [0.1, 0.15) is 0 Å². The molecule has 0 aliphatic rings. The molecule has 0 saturated heterocycles. The SMILES string of the molecule is N=C(c1ccccc1)c1ccccc1.[CH3][Sn][CH3]. The van der Waals surface area contributed by atoms with Crippen molar-refractivity contribution in [2.24, 2.45) is 0 Å². The summed E-state index contributed by atoms with van der Waals surface area (Å²) in [4.78, 5) is 4.59. The summed E-state index contributed by atoms with van der Waals surface area (Å²) in [7, 11) is 0. The molecule has 2 heteroatoms. The van der Waals surface area contributed by atoms with Crippen molar-refractivity contribution in [2.45, 2.75) is 9.88 Å². The predicted octanol–water partition coefficient (Wildman–Crippen LogP) is 3.89. The number of hydrogen-bond acceptors (Lipinski definition) is 1. The Kier molecular flexibility index (Phi) is 6.63. The van der Waals surface area contributed by atoms with Gasteiger partial charge in [-0.1, -0.05) is 60.7 Å². The average Bonchev–Trinajstić information content (AvgIpc) is 2.41. The molecular formula is C15H17NSn. The molecule has 0 amide bonds. The molecule has 0 unspecified atom stereocenters. The molecule has 2 aromatic rings. The van der Waals surface area contributed by atoms with Crippen LogP contribution in [0.15, 0.2) is 60.7 Å². The van der Waals surface area contributed by atoms with Crippen LogP contribution >= 0.6 is 0 Å². The molecule has 0 heterocycles. The molecule has 0 aromatic heterocycles. The first-order valence-electron chi connectivity index (χ1n) is 5.57. The Morgan fingerprint density at radius 2 is 1.06 bits per heavy atom. The van der Waals surface area contributed by atoms with E-state index in [1.54, 1.807) is 0 Å². The van der Waals surface area contributed by atoms with Crippen molar-refractivity contribution in [3.05, 3.63) is 71.8 Å². The van der Waals surface area contributed by atoms with Crippen molar-refractivity contribution in [3.8, 4) is 0 Å². The molecule has 2 rings (SSSR count). The Labute approximate surface area is 114 Å². The van der Waals surface area contributed by atoms with Crippen LogP contribution in [-0.4, -0.2) is 26.9 Å². The Morgan fingerprint density at radius 1 is 0.765 bits per heavy atom. The van der Waals surface area contributed by atoms with Crippen LogP contribution in [0.1, 0.15) is 11.1 Å². The second-order valence-electron chi connectivity index (χ2n) is 3.61. The van der Waals surface area contributed by atoms with Gasteiger partial charge in [0.05, 0.1) is 5.71 Å². The minimum absolute atomic E-state index is 0.230. The van der Waals surface area contributed by atoms with E-state index in [1.807, 2.05) is 60.7 Å². The minimum atomic E-state index is 0.230. The second kappa shape index (κ2) is 8.07. The summed E-state index contributed by atoms with van der Waals surface area (Å²) >= 11 is 0.230. The molecule has 0 saturated carbocycles. The van der Waals surface area contributed by atoms with Crippen LogP contribution in [0.3, 0.4) is 0 Å². The zero-order valence-corrected chi connectivity index (χ0v) is 13.1. The number of rotatable bonds is 2. The molecule has 0 aliphatic carbocycles. The van der Waals surface area contributed by atoms with Gasteiger partial charge in [-0.05, 0) is 11.1 Å². The number of benzene rings is 2. The fourth-order valence-electron chi connectivity index (χ4n) is 1.38. The maximum atomic E-state index is 7.97. The predicted molar refractivity (Wildman–Crippen MR) is 76.3 cm³/mol. The Bertz CT molecular complexity index is 395. The molecule has 2 radical (unpaired) electrons. The zero-order chi connectivity index (χ0) is 12.5. The first-order valence-corrected chi connectivity index (χ1v) is 11.3. The molecule has 0 bridgehead atoms. The molecule has 0 fully saturated rings. The topological polar surface area (TPSA) is 23.9 Å². The van der Waals surface area contributed by atoms with Gasteiger partial charge in [0.25, 0.3) is 0 Å². The van der Waals surface area contributed by atoms with Gasteiger partial charge in [0.2, 0.25) is 0 Å². The quantitative estimate of drug-likeness (QED) is 0.638. The summed E-state index contributed by atoms with van der Waals surface area (Å²) in [5.74, 6) is 0. The third-order valence-corrected chi connectivity index (χ3v) is 2.12. The molecule has 17 heavy (non-hydrogen) atoms. The van der Waals surface area contributed by atoms with Gasteiger partial charge in [0, 0.05) is 0 Å². The fourth-order valence-corrected chi connectivity index (χ4v) is 1.38. The third kappa shape index (κ3) is 4.73. The molecule has 2 aromatic carbocycles. The third-order valence-electron chi connectivity index (χ3n) is 2.12. The van der Waals surface area contributed by atoms with Crippen LogP contribution in [-0.2, 0) is 0 Å². The van der Waals surface area contributed by atoms with E-state index in [4.69, 9.17) is 5.41 Å². The fraction of sp³-hybridized carbons (Fsp3) is 0.133. The molecule has 0 spiro atoms.